The lowest BCUT2D eigenvalue weighted by Gasteiger charge is -2.08. The zero-order chi connectivity index (χ0) is 16.5. The SMILES string of the molecule is NC(=O)SCC(=O)Nc1cccc(NC(=O)CSC(N)=O)c1. The van der Waals surface area contributed by atoms with Crippen molar-refractivity contribution in [1.82, 2.24) is 0 Å². The van der Waals surface area contributed by atoms with E-state index in [0.29, 0.717) is 34.9 Å². The molecule has 0 saturated heterocycles. The Bertz CT molecular complexity index is 547. The summed E-state index contributed by atoms with van der Waals surface area (Å²) in [5, 5.41) is 3.85. The molecule has 10 heteroatoms. The van der Waals surface area contributed by atoms with E-state index in [-0.39, 0.29) is 11.5 Å². The van der Waals surface area contributed by atoms with Crippen LogP contribution in [0.5, 0.6) is 0 Å². The summed E-state index contributed by atoms with van der Waals surface area (Å²) in [4.78, 5) is 44.2. The Kier molecular flexibility index (Phi) is 7.26. The lowest BCUT2D eigenvalue weighted by Crippen LogP contribution is -2.18. The van der Waals surface area contributed by atoms with Crippen LogP contribution in [0.15, 0.2) is 24.3 Å². The largest absolute Gasteiger partial charge is 0.361 e. The molecule has 0 aliphatic carbocycles. The summed E-state index contributed by atoms with van der Waals surface area (Å²) in [5.41, 5.74) is 10.8. The van der Waals surface area contributed by atoms with Gasteiger partial charge in [0.2, 0.25) is 11.8 Å². The van der Waals surface area contributed by atoms with Gasteiger partial charge in [-0.05, 0) is 18.2 Å². The number of hydrogen-bond acceptors (Lipinski definition) is 6. The Morgan fingerprint density at radius 3 is 1.64 bits per heavy atom. The summed E-state index contributed by atoms with van der Waals surface area (Å²) in [7, 11) is 0. The first-order chi connectivity index (χ1) is 10.4. The minimum Gasteiger partial charge on any atom is -0.361 e. The molecular formula is C12H14N4O4S2. The van der Waals surface area contributed by atoms with E-state index < -0.39 is 22.3 Å². The number of benzene rings is 1. The van der Waals surface area contributed by atoms with Gasteiger partial charge in [0.15, 0.2) is 0 Å². The topological polar surface area (TPSA) is 144 Å². The molecule has 0 saturated carbocycles. The van der Waals surface area contributed by atoms with Gasteiger partial charge >= 0.3 is 0 Å². The van der Waals surface area contributed by atoms with Gasteiger partial charge in [-0.2, -0.15) is 0 Å². The van der Waals surface area contributed by atoms with Crippen molar-refractivity contribution >= 4 is 57.2 Å². The number of primary amides is 2. The Morgan fingerprint density at radius 2 is 1.27 bits per heavy atom. The number of hydrogen-bond donors (Lipinski definition) is 4. The maximum absolute atomic E-state index is 11.5. The molecule has 0 heterocycles. The smallest absolute Gasteiger partial charge is 0.276 e. The second-order valence-corrected chi connectivity index (χ2v) is 5.85. The van der Waals surface area contributed by atoms with Gasteiger partial charge in [-0.25, -0.2) is 0 Å². The number of nitrogens with one attached hydrogen (secondary N) is 2. The van der Waals surface area contributed by atoms with Crippen LogP contribution < -0.4 is 22.1 Å². The molecule has 0 bridgehead atoms. The maximum Gasteiger partial charge on any atom is 0.276 e. The first-order valence-electron chi connectivity index (χ1n) is 5.91. The van der Waals surface area contributed by atoms with Gasteiger partial charge in [0, 0.05) is 11.4 Å². The molecule has 22 heavy (non-hydrogen) atoms. The number of thioether (sulfide) groups is 2. The zero-order valence-corrected chi connectivity index (χ0v) is 13.0. The molecule has 0 fully saturated rings. The second-order valence-electron chi connectivity index (χ2n) is 3.89. The summed E-state index contributed by atoms with van der Waals surface area (Å²) in [6, 6.07) is 6.43. The van der Waals surface area contributed by atoms with Gasteiger partial charge in [-0.3, -0.25) is 19.2 Å². The summed E-state index contributed by atoms with van der Waals surface area (Å²) in [6.07, 6.45) is 0. The molecule has 0 aliphatic rings. The third-order valence-electron chi connectivity index (χ3n) is 2.12. The highest BCUT2D eigenvalue weighted by Crippen LogP contribution is 2.16. The van der Waals surface area contributed by atoms with Gasteiger partial charge in [-0.15, -0.1) is 0 Å². The average Bonchev–Trinajstić information content (AvgIpc) is 2.43. The van der Waals surface area contributed by atoms with Crippen molar-refractivity contribution in [3.05, 3.63) is 24.3 Å². The van der Waals surface area contributed by atoms with Crippen LogP contribution >= 0.6 is 23.5 Å². The van der Waals surface area contributed by atoms with E-state index in [2.05, 4.69) is 10.6 Å². The first-order valence-corrected chi connectivity index (χ1v) is 7.88. The van der Waals surface area contributed by atoms with Crippen LogP contribution in [0.25, 0.3) is 0 Å². The van der Waals surface area contributed by atoms with E-state index in [9.17, 15) is 19.2 Å². The fraction of sp³-hybridized carbons (Fsp3) is 0.167. The van der Waals surface area contributed by atoms with Crippen LogP contribution in [0.1, 0.15) is 0 Å². The highest BCUT2D eigenvalue weighted by molar-refractivity contribution is 8.14. The van der Waals surface area contributed by atoms with E-state index in [1.807, 2.05) is 0 Å². The number of nitrogens with two attached hydrogens (primary N) is 2. The monoisotopic (exact) mass is 342 g/mol. The van der Waals surface area contributed by atoms with Crippen molar-refractivity contribution in [2.24, 2.45) is 11.5 Å². The zero-order valence-electron chi connectivity index (χ0n) is 11.3. The standard InChI is InChI=1S/C12H14N4O4S2/c13-11(19)21-5-9(17)15-7-2-1-3-8(4-7)16-10(18)6-22-12(14)20/h1-4H,5-6H2,(H2,13,19)(H2,14,20)(H,15,17)(H,16,18). The third-order valence-corrected chi connectivity index (χ3v) is 3.50. The molecule has 0 atom stereocenters. The molecule has 1 aromatic carbocycles. The summed E-state index contributed by atoms with van der Waals surface area (Å²) in [5.74, 6) is -0.976. The van der Waals surface area contributed by atoms with Crippen molar-refractivity contribution in [2.45, 2.75) is 0 Å². The van der Waals surface area contributed by atoms with Crippen LogP contribution in [0.2, 0.25) is 0 Å². The minimum atomic E-state index is -0.636. The second kappa shape index (κ2) is 8.95. The van der Waals surface area contributed by atoms with Crippen LogP contribution in [0.3, 0.4) is 0 Å². The van der Waals surface area contributed by atoms with E-state index in [1.165, 1.54) is 0 Å². The molecule has 4 amide bonds. The van der Waals surface area contributed by atoms with Crippen LogP contribution in [0, 0.1) is 0 Å². The van der Waals surface area contributed by atoms with Crippen molar-refractivity contribution in [3.63, 3.8) is 0 Å². The number of amides is 4. The van der Waals surface area contributed by atoms with E-state index >= 15 is 0 Å². The molecule has 0 radical (unpaired) electrons. The van der Waals surface area contributed by atoms with Gasteiger partial charge in [-0.1, -0.05) is 29.6 Å². The lowest BCUT2D eigenvalue weighted by atomic mass is 10.2. The first kappa shape index (κ1) is 17.9. The van der Waals surface area contributed by atoms with Gasteiger partial charge < -0.3 is 22.1 Å². The predicted octanol–water partition coefficient (Wildman–Crippen LogP) is 1.19. The normalized spacial score (nSPS) is 9.82. The predicted molar refractivity (Wildman–Crippen MR) is 87.8 cm³/mol. The number of anilines is 2. The van der Waals surface area contributed by atoms with Crippen molar-refractivity contribution < 1.29 is 19.2 Å². The van der Waals surface area contributed by atoms with Gasteiger partial charge in [0.25, 0.3) is 10.5 Å². The molecule has 1 rings (SSSR count). The highest BCUT2D eigenvalue weighted by atomic mass is 32.2. The number of rotatable bonds is 6. The molecule has 0 unspecified atom stereocenters. The highest BCUT2D eigenvalue weighted by Gasteiger charge is 2.08. The fourth-order valence-electron chi connectivity index (χ4n) is 1.34. The maximum atomic E-state index is 11.5. The summed E-state index contributed by atoms with van der Waals surface area (Å²) < 4.78 is 0. The molecule has 1 aromatic rings. The van der Waals surface area contributed by atoms with Gasteiger partial charge in [0.1, 0.15) is 0 Å². The van der Waals surface area contributed by atoms with E-state index in [1.54, 1.807) is 24.3 Å². The Morgan fingerprint density at radius 1 is 0.864 bits per heavy atom. The van der Waals surface area contributed by atoms with Crippen LogP contribution in [0.4, 0.5) is 21.0 Å². The van der Waals surface area contributed by atoms with Crippen LogP contribution in [-0.2, 0) is 9.59 Å². The van der Waals surface area contributed by atoms with Gasteiger partial charge in [0.05, 0.1) is 11.5 Å². The number of carbonyl (C=O) groups excluding carboxylic acids is 4. The fourth-order valence-corrected chi connectivity index (χ4v) is 2.03. The molecule has 0 aliphatic heterocycles. The third kappa shape index (κ3) is 7.55. The molecule has 118 valence electrons. The molecule has 0 aromatic heterocycles. The van der Waals surface area contributed by atoms with Crippen molar-refractivity contribution in [2.75, 3.05) is 22.1 Å². The molecule has 8 nitrogen and oxygen atoms in total. The lowest BCUT2D eigenvalue weighted by molar-refractivity contribution is -0.114. The Balaban J connectivity index is 2.54. The average molecular weight is 342 g/mol. The Hall–Kier alpha value is -2.20. The molecule has 0 spiro atoms. The van der Waals surface area contributed by atoms with Crippen molar-refractivity contribution in [3.8, 4) is 0 Å². The minimum absolute atomic E-state index is 0.0961. The Labute approximate surface area is 134 Å². The summed E-state index contributed by atoms with van der Waals surface area (Å²) in [6.45, 7) is 0. The van der Waals surface area contributed by atoms with Crippen molar-refractivity contribution in [1.29, 1.82) is 0 Å². The van der Waals surface area contributed by atoms with E-state index in [4.69, 9.17) is 11.5 Å². The quantitative estimate of drug-likeness (QED) is 0.611. The number of carbonyl (C=O) groups is 4. The molecule has 6 N–H and O–H groups in total. The van der Waals surface area contributed by atoms with E-state index in [0.717, 1.165) is 0 Å². The summed E-state index contributed by atoms with van der Waals surface area (Å²) >= 11 is 1.39. The van der Waals surface area contributed by atoms with Crippen LogP contribution in [-0.4, -0.2) is 33.8 Å². The molecular weight excluding hydrogens is 328 g/mol.